The fourth-order valence-electron chi connectivity index (χ4n) is 4.30. The Labute approximate surface area is 247 Å². The summed E-state index contributed by atoms with van der Waals surface area (Å²) in [4.78, 5) is 28.7. The minimum absolute atomic E-state index is 0.0333. The van der Waals surface area contributed by atoms with Gasteiger partial charge < -0.3 is 19.7 Å². The summed E-state index contributed by atoms with van der Waals surface area (Å²) in [7, 11) is -1.34. The number of anilines is 1. The number of para-hydroxylation sites is 2. The maximum Gasteiger partial charge on any atom is 0.264 e. The summed E-state index contributed by atoms with van der Waals surface area (Å²) in [6.07, 6.45) is 1.06. The Bertz CT molecular complexity index is 1410. The molecule has 0 fully saturated rings. The Morgan fingerprint density at radius 3 is 2.17 bits per heavy atom. The molecule has 0 aliphatic carbocycles. The number of benzene rings is 3. The molecule has 3 aromatic rings. The lowest BCUT2D eigenvalue weighted by Crippen LogP contribution is -2.52. The predicted octanol–water partition coefficient (Wildman–Crippen LogP) is 4.89. The van der Waals surface area contributed by atoms with Crippen LogP contribution in [0.2, 0.25) is 5.02 Å². The zero-order valence-electron chi connectivity index (χ0n) is 23.7. The van der Waals surface area contributed by atoms with Crippen LogP contribution in [0.4, 0.5) is 5.69 Å². The van der Waals surface area contributed by atoms with Gasteiger partial charge in [0.2, 0.25) is 11.8 Å². The van der Waals surface area contributed by atoms with E-state index in [1.807, 2.05) is 13.8 Å². The van der Waals surface area contributed by atoms with Crippen LogP contribution < -0.4 is 19.1 Å². The molecular formula is C30H36ClN3O6S. The molecule has 0 saturated carbocycles. The normalized spacial score (nSPS) is 11.8. The molecule has 0 unspecified atom stereocenters. The molecule has 0 aliphatic heterocycles. The molecule has 0 aliphatic rings. The van der Waals surface area contributed by atoms with Crippen molar-refractivity contribution < 1.29 is 27.5 Å². The Hall–Kier alpha value is -3.76. The lowest BCUT2D eigenvalue weighted by Gasteiger charge is -2.33. The summed E-state index contributed by atoms with van der Waals surface area (Å²) in [5.41, 5.74) is 0.931. The number of carbonyl (C=O) groups is 2. The monoisotopic (exact) mass is 601 g/mol. The second kappa shape index (κ2) is 14.7. The molecule has 9 nitrogen and oxygen atoms in total. The van der Waals surface area contributed by atoms with Gasteiger partial charge in [0.05, 0.1) is 24.8 Å². The van der Waals surface area contributed by atoms with Gasteiger partial charge in [-0.15, -0.1) is 0 Å². The first-order chi connectivity index (χ1) is 19.7. The number of ether oxygens (including phenoxy) is 2. The van der Waals surface area contributed by atoms with Crippen molar-refractivity contribution in [2.75, 3.05) is 31.6 Å². The summed E-state index contributed by atoms with van der Waals surface area (Å²) in [6, 6.07) is 18.6. The molecule has 0 saturated heterocycles. The SMILES string of the molecule is CCCNC(=O)[C@@H](CC)N(Cc1ccc(Cl)cc1)C(=O)CN(c1ccccc1OC)S(=O)(=O)c1ccc(OC)cc1. The molecule has 3 aromatic carbocycles. The average molecular weight is 602 g/mol. The molecule has 1 N–H and O–H groups in total. The van der Waals surface area contributed by atoms with E-state index < -0.39 is 28.5 Å². The Balaban J connectivity index is 2.08. The van der Waals surface area contributed by atoms with E-state index in [0.29, 0.717) is 23.7 Å². The van der Waals surface area contributed by atoms with E-state index >= 15 is 0 Å². The molecule has 2 amide bonds. The summed E-state index contributed by atoms with van der Waals surface area (Å²) in [5.74, 6) is -0.101. The fourth-order valence-corrected chi connectivity index (χ4v) is 5.85. The van der Waals surface area contributed by atoms with Crippen LogP contribution >= 0.6 is 11.6 Å². The number of nitrogens with zero attached hydrogens (tertiary/aromatic N) is 2. The minimum atomic E-state index is -4.25. The maximum absolute atomic E-state index is 14.1. The highest BCUT2D eigenvalue weighted by Gasteiger charge is 2.34. The van der Waals surface area contributed by atoms with Gasteiger partial charge in [0.1, 0.15) is 24.1 Å². The van der Waals surface area contributed by atoms with Crippen LogP contribution in [-0.4, -0.2) is 58.5 Å². The highest BCUT2D eigenvalue weighted by atomic mass is 35.5. The first-order valence-corrected chi connectivity index (χ1v) is 15.1. The van der Waals surface area contributed by atoms with E-state index in [1.54, 1.807) is 48.5 Å². The molecular weight excluding hydrogens is 566 g/mol. The highest BCUT2D eigenvalue weighted by Crippen LogP contribution is 2.33. The Kier molecular flexibility index (Phi) is 11.4. The number of sulfonamides is 1. The van der Waals surface area contributed by atoms with E-state index in [9.17, 15) is 18.0 Å². The van der Waals surface area contributed by atoms with E-state index in [-0.39, 0.29) is 28.8 Å². The topological polar surface area (TPSA) is 105 Å². The quantitative estimate of drug-likeness (QED) is 0.282. The third-order valence-corrected chi connectivity index (χ3v) is 8.51. The number of hydrogen-bond donors (Lipinski definition) is 1. The molecule has 220 valence electrons. The third kappa shape index (κ3) is 7.92. The number of nitrogens with one attached hydrogen (secondary N) is 1. The van der Waals surface area contributed by atoms with Crippen molar-refractivity contribution in [1.82, 2.24) is 10.2 Å². The fraction of sp³-hybridized carbons (Fsp3) is 0.333. The van der Waals surface area contributed by atoms with Gasteiger partial charge in [0.15, 0.2) is 0 Å². The number of amides is 2. The van der Waals surface area contributed by atoms with Crippen molar-refractivity contribution >= 4 is 39.1 Å². The molecule has 3 rings (SSSR count). The standard InChI is InChI=1S/C30H36ClN3O6S/c1-5-19-32-30(36)26(6-2)33(20-22-11-13-23(31)14-12-22)29(35)21-34(27-9-7-8-10-28(27)40-4)41(37,38)25-17-15-24(39-3)16-18-25/h7-18,26H,5-6,19-21H2,1-4H3,(H,32,36)/t26-/m1/s1. The largest absolute Gasteiger partial charge is 0.497 e. The van der Waals surface area contributed by atoms with Crippen molar-refractivity contribution in [1.29, 1.82) is 0 Å². The van der Waals surface area contributed by atoms with Crippen molar-refractivity contribution in [3.63, 3.8) is 0 Å². The zero-order chi connectivity index (χ0) is 30.0. The molecule has 0 heterocycles. The maximum atomic E-state index is 14.1. The van der Waals surface area contributed by atoms with Crippen LogP contribution in [0.25, 0.3) is 0 Å². The van der Waals surface area contributed by atoms with Gasteiger partial charge in [-0.25, -0.2) is 8.42 Å². The van der Waals surface area contributed by atoms with Gasteiger partial charge in [-0.3, -0.25) is 13.9 Å². The first-order valence-electron chi connectivity index (χ1n) is 13.3. The highest BCUT2D eigenvalue weighted by molar-refractivity contribution is 7.92. The van der Waals surface area contributed by atoms with Crippen LogP contribution in [0.5, 0.6) is 11.5 Å². The van der Waals surface area contributed by atoms with E-state index in [4.69, 9.17) is 21.1 Å². The van der Waals surface area contributed by atoms with Crippen LogP contribution in [0.1, 0.15) is 32.3 Å². The number of hydrogen-bond acceptors (Lipinski definition) is 6. The van der Waals surface area contributed by atoms with Crippen LogP contribution in [0, 0.1) is 0 Å². The van der Waals surface area contributed by atoms with Crippen molar-refractivity contribution in [3.8, 4) is 11.5 Å². The van der Waals surface area contributed by atoms with Gasteiger partial charge in [-0.05, 0) is 66.9 Å². The number of halogens is 1. The summed E-state index contributed by atoms with van der Waals surface area (Å²) in [6.45, 7) is 3.71. The molecule has 0 bridgehead atoms. The average Bonchev–Trinajstić information content (AvgIpc) is 2.99. The molecule has 0 radical (unpaired) electrons. The van der Waals surface area contributed by atoms with Gasteiger partial charge in [0, 0.05) is 18.1 Å². The summed E-state index contributed by atoms with van der Waals surface area (Å²) >= 11 is 6.06. The number of carbonyl (C=O) groups excluding carboxylic acids is 2. The van der Waals surface area contributed by atoms with Crippen LogP contribution in [0.15, 0.2) is 77.7 Å². The van der Waals surface area contributed by atoms with E-state index in [2.05, 4.69) is 5.32 Å². The third-order valence-electron chi connectivity index (χ3n) is 6.48. The van der Waals surface area contributed by atoms with Gasteiger partial charge in [-0.2, -0.15) is 0 Å². The molecule has 11 heteroatoms. The lowest BCUT2D eigenvalue weighted by molar-refractivity contribution is -0.140. The number of methoxy groups -OCH3 is 2. The number of rotatable bonds is 14. The van der Waals surface area contributed by atoms with E-state index in [0.717, 1.165) is 16.3 Å². The molecule has 41 heavy (non-hydrogen) atoms. The second-order valence-electron chi connectivity index (χ2n) is 9.22. The molecule has 1 atom stereocenters. The van der Waals surface area contributed by atoms with Crippen molar-refractivity contribution in [2.45, 2.75) is 44.2 Å². The van der Waals surface area contributed by atoms with E-state index in [1.165, 1.54) is 43.4 Å². The van der Waals surface area contributed by atoms with Crippen LogP contribution in [-0.2, 0) is 26.2 Å². The Morgan fingerprint density at radius 2 is 1.59 bits per heavy atom. The Morgan fingerprint density at radius 1 is 0.927 bits per heavy atom. The van der Waals surface area contributed by atoms with Gasteiger partial charge in [0.25, 0.3) is 10.0 Å². The van der Waals surface area contributed by atoms with Crippen molar-refractivity contribution in [2.24, 2.45) is 0 Å². The predicted molar refractivity (Wildman–Crippen MR) is 160 cm³/mol. The smallest absolute Gasteiger partial charge is 0.264 e. The van der Waals surface area contributed by atoms with Crippen molar-refractivity contribution in [3.05, 3.63) is 83.4 Å². The molecule has 0 spiro atoms. The van der Waals surface area contributed by atoms with Gasteiger partial charge in [-0.1, -0.05) is 49.7 Å². The minimum Gasteiger partial charge on any atom is -0.497 e. The zero-order valence-corrected chi connectivity index (χ0v) is 25.2. The lowest BCUT2D eigenvalue weighted by atomic mass is 10.1. The summed E-state index contributed by atoms with van der Waals surface area (Å²) in [5, 5.41) is 3.40. The molecule has 0 aromatic heterocycles. The van der Waals surface area contributed by atoms with Gasteiger partial charge >= 0.3 is 0 Å². The second-order valence-corrected chi connectivity index (χ2v) is 11.5. The summed E-state index contributed by atoms with van der Waals surface area (Å²) < 4.78 is 39.7. The van der Waals surface area contributed by atoms with Crippen LogP contribution in [0.3, 0.4) is 0 Å². The first kappa shape index (κ1) is 31.8.